The standard InChI is InChI=1S/C56H33N3OS/c1-3-14-34(15-4-1)35-26-28-37(29-27-35)52-55-53(42-21-10-12-25-50(42)61-55)58-56(57-52)43-22-13-24-49-51(43)46-32-38(30-31-48(46)60-49)59-47-23-11-9-19-40(47)45-33-44(36-16-5-2-6-17-36)39-18-7-8-20-41(39)54(45)59/h1-33H. The van der Waals surface area contributed by atoms with Crippen LogP contribution < -0.4 is 0 Å². The van der Waals surface area contributed by atoms with Crippen LogP contribution in [0.1, 0.15) is 0 Å². The summed E-state index contributed by atoms with van der Waals surface area (Å²) in [4.78, 5) is 10.8. The molecule has 61 heavy (non-hydrogen) atoms. The first kappa shape index (κ1) is 34.0. The molecule has 4 heterocycles. The molecule has 0 saturated heterocycles. The highest BCUT2D eigenvalue weighted by Gasteiger charge is 2.22. The fourth-order valence-electron chi connectivity index (χ4n) is 9.45. The van der Waals surface area contributed by atoms with Crippen molar-refractivity contribution in [2.24, 2.45) is 0 Å². The van der Waals surface area contributed by atoms with E-state index in [0.717, 1.165) is 65.6 Å². The molecule has 4 aromatic heterocycles. The second-order valence-electron chi connectivity index (χ2n) is 15.7. The van der Waals surface area contributed by atoms with E-state index in [-0.39, 0.29) is 0 Å². The van der Waals surface area contributed by atoms with Crippen LogP contribution in [0, 0.1) is 0 Å². The second kappa shape index (κ2) is 13.3. The average Bonchev–Trinajstić information content (AvgIpc) is 4.01. The summed E-state index contributed by atoms with van der Waals surface area (Å²) in [5, 5.41) is 8.02. The fraction of sp³-hybridized carbons (Fsp3) is 0. The topological polar surface area (TPSA) is 43.9 Å². The Labute approximate surface area is 354 Å². The lowest BCUT2D eigenvalue weighted by Gasteiger charge is -2.13. The molecule has 13 rings (SSSR count). The van der Waals surface area contributed by atoms with Gasteiger partial charge in [-0.15, -0.1) is 11.3 Å². The van der Waals surface area contributed by atoms with E-state index >= 15 is 0 Å². The first-order chi connectivity index (χ1) is 30.2. The minimum atomic E-state index is 0.674. The van der Waals surface area contributed by atoms with Gasteiger partial charge in [-0.1, -0.05) is 158 Å². The minimum absolute atomic E-state index is 0.674. The zero-order valence-corrected chi connectivity index (χ0v) is 33.5. The maximum Gasteiger partial charge on any atom is 0.161 e. The van der Waals surface area contributed by atoms with Crippen molar-refractivity contribution in [1.29, 1.82) is 0 Å². The highest BCUT2D eigenvalue weighted by atomic mass is 32.1. The molecule has 0 N–H and O–H groups in total. The van der Waals surface area contributed by atoms with Gasteiger partial charge in [-0.2, -0.15) is 0 Å². The number of fused-ring (bicyclic) bond motifs is 11. The maximum absolute atomic E-state index is 6.65. The molecular weight excluding hydrogens is 763 g/mol. The predicted molar refractivity (Wildman–Crippen MR) is 256 cm³/mol. The molecule has 0 amide bonds. The summed E-state index contributed by atoms with van der Waals surface area (Å²) in [5.41, 5.74) is 13.7. The molecule has 0 radical (unpaired) electrons. The van der Waals surface area contributed by atoms with Gasteiger partial charge in [-0.25, -0.2) is 9.97 Å². The van der Waals surface area contributed by atoms with E-state index in [1.165, 1.54) is 54.0 Å². The quantitative estimate of drug-likeness (QED) is 0.174. The molecule has 0 unspecified atom stereocenters. The van der Waals surface area contributed by atoms with Gasteiger partial charge in [0.25, 0.3) is 0 Å². The lowest BCUT2D eigenvalue weighted by atomic mass is 9.95. The number of hydrogen-bond acceptors (Lipinski definition) is 4. The van der Waals surface area contributed by atoms with E-state index in [9.17, 15) is 0 Å². The number of para-hydroxylation sites is 1. The van der Waals surface area contributed by atoms with E-state index in [2.05, 4.69) is 205 Å². The molecule has 284 valence electrons. The van der Waals surface area contributed by atoms with Crippen LogP contribution in [0.3, 0.4) is 0 Å². The highest BCUT2D eigenvalue weighted by Crippen LogP contribution is 2.45. The highest BCUT2D eigenvalue weighted by molar-refractivity contribution is 7.26. The Kier molecular flexibility index (Phi) is 7.44. The summed E-state index contributed by atoms with van der Waals surface area (Å²) >= 11 is 1.75. The van der Waals surface area contributed by atoms with Gasteiger partial charge in [0.05, 0.1) is 26.9 Å². The molecule has 0 aliphatic heterocycles. The third-order valence-electron chi connectivity index (χ3n) is 12.2. The molecule has 0 atom stereocenters. The van der Waals surface area contributed by atoms with Crippen molar-refractivity contribution >= 4 is 86.2 Å². The van der Waals surface area contributed by atoms with Crippen molar-refractivity contribution in [2.75, 3.05) is 0 Å². The molecule has 9 aromatic carbocycles. The predicted octanol–water partition coefficient (Wildman–Crippen LogP) is 15.7. The van der Waals surface area contributed by atoms with Crippen LogP contribution in [-0.4, -0.2) is 14.5 Å². The van der Waals surface area contributed by atoms with Crippen LogP contribution in [0.25, 0.3) is 125 Å². The first-order valence-corrected chi connectivity index (χ1v) is 21.4. The van der Waals surface area contributed by atoms with Crippen molar-refractivity contribution in [3.63, 3.8) is 0 Å². The van der Waals surface area contributed by atoms with Crippen LogP contribution in [0.15, 0.2) is 205 Å². The largest absolute Gasteiger partial charge is 0.456 e. The monoisotopic (exact) mass is 795 g/mol. The summed E-state index contributed by atoms with van der Waals surface area (Å²) in [6, 6.07) is 71.3. The van der Waals surface area contributed by atoms with E-state index in [1.54, 1.807) is 11.3 Å². The van der Waals surface area contributed by atoms with Crippen molar-refractivity contribution in [2.45, 2.75) is 0 Å². The molecule has 13 aromatic rings. The zero-order valence-electron chi connectivity index (χ0n) is 32.7. The van der Waals surface area contributed by atoms with Crippen LogP contribution >= 0.6 is 11.3 Å². The average molecular weight is 796 g/mol. The molecule has 0 spiro atoms. The Morgan fingerprint density at radius 1 is 0.426 bits per heavy atom. The number of aromatic nitrogens is 3. The first-order valence-electron chi connectivity index (χ1n) is 20.6. The van der Waals surface area contributed by atoms with Gasteiger partial charge < -0.3 is 8.98 Å². The van der Waals surface area contributed by atoms with Gasteiger partial charge >= 0.3 is 0 Å². The van der Waals surface area contributed by atoms with Crippen LogP contribution in [0.5, 0.6) is 0 Å². The van der Waals surface area contributed by atoms with Crippen molar-refractivity contribution in [3.05, 3.63) is 200 Å². The third kappa shape index (κ3) is 5.24. The smallest absolute Gasteiger partial charge is 0.161 e. The molecule has 0 fully saturated rings. The fourth-order valence-corrected chi connectivity index (χ4v) is 10.6. The Hall–Kier alpha value is -7.86. The molecule has 4 nitrogen and oxygen atoms in total. The van der Waals surface area contributed by atoms with Gasteiger partial charge in [0, 0.05) is 53.8 Å². The van der Waals surface area contributed by atoms with Crippen LogP contribution in [0.4, 0.5) is 0 Å². The Bertz CT molecular complexity index is 3860. The van der Waals surface area contributed by atoms with E-state index in [0.29, 0.717) is 5.82 Å². The van der Waals surface area contributed by atoms with E-state index in [1.807, 2.05) is 0 Å². The normalized spacial score (nSPS) is 11.9. The second-order valence-corrected chi connectivity index (χ2v) is 16.7. The van der Waals surface area contributed by atoms with Gasteiger partial charge in [0.1, 0.15) is 11.2 Å². The van der Waals surface area contributed by atoms with Crippen LogP contribution in [-0.2, 0) is 0 Å². The Morgan fingerprint density at radius 3 is 1.92 bits per heavy atom. The lowest BCUT2D eigenvalue weighted by molar-refractivity contribution is 0.669. The molecular formula is C56H33N3OS. The Morgan fingerprint density at radius 2 is 1.10 bits per heavy atom. The zero-order chi connectivity index (χ0) is 40.0. The molecule has 0 aliphatic rings. The molecule has 5 heteroatoms. The number of hydrogen-bond donors (Lipinski definition) is 0. The van der Waals surface area contributed by atoms with Crippen molar-refractivity contribution < 1.29 is 4.42 Å². The maximum atomic E-state index is 6.65. The summed E-state index contributed by atoms with van der Waals surface area (Å²) in [7, 11) is 0. The van der Waals surface area contributed by atoms with E-state index < -0.39 is 0 Å². The number of benzene rings is 9. The van der Waals surface area contributed by atoms with E-state index in [4.69, 9.17) is 14.4 Å². The summed E-state index contributed by atoms with van der Waals surface area (Å²) in [6.07, 6.45) is 0. The van der Waals surface area contributed by atoms with Gasteiger partial charge in [-0.05, 0) is 70.1 Å². The van der Waals surface area contributed by atoms with Gasteiger partial charge in [0.2, 0.25) is 0 Å². The minimum Gasteiger partial charge on any atom is -0.456 e. The third-order valence-corrected chi connectivity index (χ3v) is 13.4. The number of thiophene rings is 1. The van der Waals surface area contributed by atoms with Gasteiger partial charge in [0.15, 0.2) is 5.82 Å². The number of furan rings is 1. The molecule has 0 aliphatic carbocycles. The van der Waals surface area contributed by atoms with Crippen molar-refractivity contribution in [1.82, 2.24) is 14.5 Å². The molecule has 0 bridgehead atoms. The SMILES string of the molecule is c1ccc(-c2ccc(-c3nc(-c4cccc5oc6ccc(-n7c8ccccc8c8cc(-c9ccccc9)c9ccccc9c87)cc6c45)nc4c3sc3ccccc34)cc2)cc1. The van der Waals surface area contributed by atoms with Gasteiger partial charge in [-0.3, -0.25) is 0 Å². The summed E-state index contributed by atoms with van der Waals surface area (Å²) in [6.45, 7) is 0. The summed E-state index contributed by atoms with van der Waals surface area (Å²) in [5.74, 6) is 0.674. The molecule has 0 saturated carbocycles. The lowest BCUT2D eigenvalue weighted by Crippen LogP contribution is -1.95. The number of nitrogens with zero attached hydrogens (tertiary/aromatic N) is 3. The Balaban J connectivity index is 1.05. The van der Waals surface area contributed by atoms with Crippen LogP contribution in [0.2, 0.25) is 0 Å². The summed E-state index contributed by atoms with van der Waals surface area (Å²) < 4.78 is 11.4. The number of rotatable bonds is 5. The van der Waals surface area contributed by atoms with Crippen molar-refractivity contribution in [3.8, 4) is 50.6 Å².